The highest BCUT2D eigenvalue weighted by Crippen LogP contribution is 2.13. The van der Waals surface area contributed by atoms with E-state index in [0.717, 1.165) is 25.8 Å². The lowest BCUT2D eigenvalue weighted by molar-refractivity contribution is -0.132. The molecule has 1 fully saturated rings. The molecule has 0 radical (unpaired) electrons. The zero-order valence-electron chi connectivity index (χ0n) is 11.9. The van der Waals surface area contributed by atoms with Crippen LogP contribution >= 0.6 is 0 Å². The Balaban J connectivity index is 1.87. The molecular formula is C16H24N2O. The molecule has 0 bridgehead atoms. The third-order valence-corrected chi connectivity index (χ3v) is 3.92. The summed E-state index contributed by atoms with van der Waals surface area (Å²) >= 11 is 0. The number of nitrogens with zero attached hydrogens (tertiary/aromatic N) is 1. The van der Waals surface area contributed by atoms with Crippen LogP contribution in [0.25, 0.3) is 0 Å². The summed E-state index contributed by atoms with van der Waals surface area (Å²) in [7, 11) is 1.90. The highest BCUT2D eigenvalue weighted by molar-refractivity contribution is 5.76. The number of likely N-dealkylation sites (tertiary alicyclic amines) is 1. The predicted molar refractivity (Wildman–Crippen MR) is 78.0 cm³/mol. The molecule has 3 heteroatoms. The van der Waals surface area contributed by atoms with Crippen molar-refractivity contribution >= 4 is 5.91 Å². The van der Waals surface area contributed by atoms with Crippen molar-refractivity contribution in [2.24, 2.45) is 0 Å². The first-order valence-electron chi connectivity index (χ1n) is 7.23. The molecule has 1 aliphatic rings. The number of carbonyl (C=O) groups excluding carboxylic acids is 1. The maximum Gasteiger partial charge on any atom is 0.222 e. The molecule has 1 saturated heterocycles. The Hall–Kier alpha value is -1.35. The number of hydrogen-bond acceptors (Lipinski definition) is 2. The van der Waals surface area contributed by atoms with Crippen molar-refractivity contribution in [3.63, 3.8) is 0 Å². The van der Waals surface area contributed by atoms with Crippen molar-refractivity contribution in [1.82, 2.24) is 10.2 Å². The van der Waals surface area contributed by atoms with E-state index in [9.17, 15) is 4.79 Å². The molecular weight excluding hydrogens is 236 g/mol. The number of benzene rings is 1. The van der Waals surface area contributed by atoms with Crippen LogP contribution in [-0.4, -0.2) is 36.5 Å². The Morgan fingerprint density at radius 1 is 1.37 bits per heavy atom. The van der Waals surface area contributed by atoms with Crippen LogP contribution in [0.2, 0.25) is 0 Å². The molecule has 2 rings (SSSR count). The van der Waals surface area contributed by atoms with Crippen LogP contribution in [0, 0.1) is 0 Å². The van der Waals surface area contributed by atoms with Gasteiger partial charge in [0.25, 0.3) is 0 Å². The third kappa shape index (κ3) is 4.06. The summed E-state index contributed by atoms with van der Waals surface area (Å²) in [5.74, 6) is 0.272. The minimum atomic E-state index is 0.272. The van der Waals surface area contributed by atoms with E-state index >= 15 is 0 Å². The molecule has 1 N–H and O–H groups in total. The normalized spacial score (nSPS) is 21.5. The Bertz CT molecular complexity index is 404. The standard InChI is InChI=1S/C16H24N2O/c1-3-14(11-13-7-5-4-6-8-13)17-15-9-10-16(19)18(2)12-15/h4-8,14-15,17H,3,9-12H2,1-2H3. The van der Waals surface area contributed by atoms with Crippen molar-refractivity contribution < 1.29 is 4.79 Å². The summed E-state index contributed by atoms with van der Waals surface area (Å²) in [6.07, 6.45) is 3.82. The van der Waals surface area contributed by atoms with Gasteiger partial charge >= 0.3 is 0 Å². The first kappa shape index (κ1) is 14.1. The van der Waals surface area contributed by atoms with E-state index in [1.54, 1.807) is 0 Å². The maximum atomic E-state index is 11.5. The fourth-order valence-electron chi connectivity index (χ4n) is 2.70. The lowest BCUT2D eigenvalue weighted by Gasteiger charge is -2.33. The van der Waals surface area contributed by atoms with Crippen LogP contribution in [0.3, 0.4) is 0 Å². The molecule has 19 heavy (non-hydrogen) atoms. The number of hydrogen-bond donors (Lipinski definition) is 1. The number of nitrogens with one attached hydrogen (secondary N) is 1. The van der Waals surface area contributed by atoms with Crippen LogP contribution in [0.5, 0.6) is 0 Å². The Morgan fingerprint density at radius 2 is 2.11 bits per heavy atom. The predicted octanol–water partition coefficient (Wildman–Crippen LogP) is 2.22. The van der Waals surface area contributed by atoms with Gasteiger partial charge in [0.05, 0.1) is 0 Å². The third-order valence-electron chi connectivity index (χ3n) is 3.92. The molecule has 1 aromatic carbocycles. The van der Waals surface area contributed by atoms with Crippen LogP contribution in [0.1, 0.15) is 31.7 Å². The van der Waals surface area contributed by atoms with Gasteiger partial charge in [-0.05, 0) is 24.8 Å². The van der Waals surface area contributed by atoms with Gasteiger partial charge in [-0.25, -0.2) is 0 Å². The van der Waals surface area contributed by atoms with Gasteiger partial charge in [0, 0.05) is 32.1 Å². The largest absolute Gasteiger partial charge is 0.344 e. The van der Waals surface area contributed by atoms with E-state index in [1.165, 1.54) is 5.56 Å². The smallest absolute Gasteiger partial charge is 0.222 e. The average Bonchev–Trinajstić information content (AvgIpc) is 2.43. The van der Waals surface area contributed by atoms with Crippen LogP contribution < -0.4 is 5.32 Å². The molecule has 1 amide bonds. The molecule has 0 aromatic heterocycles. The summed E-state index contributed by atoms with van der Waals surface area (Å²) in [6, 6.07) is 11.5. The number of piperidine rings is 1. The molecule has 2 unspecified atom stereocenters. The van der Waals surface area contributed by atoms with Crippen LogP contribution in [0.15, 0.2) is 30.3 Å². The Kier molecular flexibility index (Phi) is 4.97. The fourth-order valence-corrected chi connectivity index (χ4v) is 2.70. The zero-order chi connectivity index (χ0) is 13.7. The van der Waals surface area contributed by atoms with Crippen molar-refractivity contribution in [3.05, 3.63) is 35.9 Å². The van der Waals surface area contributed by atoms with Crippen LogP contribution in [0.4, 0.5) is 0 Å². The molecule has 3 nitrogen and oxygen atoms in total. The van der Waals surface area contributed by atoms with E-state index in [1.807, 2.05) is 11.9 Å². The number of likely N-dealkylation sites (N-methyl/N-ethyl adjacent to an activating group) is 1. The second kappa shape index (κ2) is 6.71. The summed E-state index contributed by atoms with van der Waals surface area (Å²) in [4.78, 5) is 13.3. The van der Waals surface area contributed by atoms with E-state index in [-0.39, 0.29) is 5.91 Å². The molecule has 1 aromatic rings. The first-order chi connectivity index (χ1) is 9.19. The minimum Gasteiger partial charge on any atom is -0.344 e. The molecule has 2 atom stereocenters. The van der Waals surface area contributed by atoms with Gasteiger partial charge in [-0.15, -0.1) is 0 Å². The Labute approximate surface area is 116 Å². The SMILES string of the molecule is CCC(Cc1ccccc1)NC1CCC(=O)N(C)C1. The van der Waals surface area contributed by atoms with Crippen molar-refractivity contribution in [2.75, 3.05) is 13.6 Å². The second-order valence-corrected chi connectivity index (χ2v) is 5.47. The van der Waals surface area contributed by atoms with Crippen molar-refractivity contribution in [3.8, 4) is 0 Å². The second-order valence-electron chi connectivity index (χ2n) is 5.47. The zero-order valence-corrected chi connectivity index (χ0v) is 11.9. The summed E-state index contributed by atoms with van der Waals surface area (Å²) in [5, 5.41) is 3.71. The van der Waals surface area contributed by atoms with E-state index in [0.29, 0.717) is 18.5 Å². The number of amides is 1. The molecule has 1 heterocycles. The van der Waals surface area contributed by atoms with Gasteiger partial charge in [-0.2, -0.15) is 0 Å². The molecule has 0 saturated carbocycles. The van der Waals surface area contributed by atoms with Gasteiger partial charge in [0.1, 0.15) is 0 Å². The van der Waals surface area contributed by atoms with E-state index in [2.05, 4.69) is 42.6 Å². The highest BCUT2D eigenvalue weighted by Gasteiger charge is 2.24. The van der Waals surface area contributed by atoms with Gasteiger partial charge in [-0.1, -0.05) is 37.3 Å². The summed E-state index contributed by atoms with van der Waals surface area (Å²) in [6.45, 7) is 3.06. The van der Waals surface area contributed by atoms with Gasteiger partial charge in [0.2, 0.25) is 5.91 Å². The van der Waals surface area contributed by atoms with E-state index in [4.69, 9.17) is 0 Å². The highest BCUT2D eigenvalue weighted by atomic mass is 16.2. The van der Waals surface area contributed by atoms with Crippen molar-refractivity contribution in [2.45, 2.75) is 44.7 Å². The summed E-state index contributed by atoms with van der Waals surface area (Å²) in [5.41, 5.74) is 1.38. The minimum absolute atomic E-state index is 0.272. The monoisotopic (exact) mass is 260 g/mol. The Morgan fingerprint density at radius 3 is 2.74 bits per heavy atom. The topological polar surface area (TPSA) is 32.3 Å². The quantitative estimate of drug-likeness (QED) is 0.880. The number of rotatable bonds is 5. The maximum absolute atomic E-state index is 11.5. The molecule has 0 aliphatic carbocycles. The van der Waals surface area contributed by atoms with E-state index < -0.39 is 0 Å². The molecule has 104 valence electrons. The van der Waals surface area contributed by atoms with Crippen molar-refractivity contribution in [1.29, 1.82) is 0 Å². The van der Waals surface area contributed by atoms with Gasteiger partial charge in [0.15, 0.2) is 0 Å². The summed E-state index contributed by atoms with van der Waals surface area (Å²) < 4.78 is 0. The number of carbonyl (C=O) groups is 1. The fraction of sp³-hybridized carbons (Fsp3) is 0.562. The molecule has 0 spiro atoms. The lowest BCUT2D eigenvalue weighted by atomic mass is 10.00. The van der Waals surface area contributed by atoms with Crippen LogP contribution in [-0.2, 0) is 11.2 Å². The van der Waals surface area contributed by atoms with Gasteiger partial charge in [-0.3, -0.25) is 4.79 Å². The molecule has 1 aliphatic heterocycles. The first-order valence-corrected chi connectivity index (χ1v) is 7.23. The lowest BCUT2D eigenvalue weighted by Crippen LogP contribution is -2.50. The average molecular weight is 260 g/mol. The van der Waals surface area contributed by atoms with Gasteiger partial charge < -0.3 is 10.2 Å².